The molecule has 0 saturated carbocycles. The molecule has 43 heavy (non-hydrogen) atoms. The van der Waals surface area contributed by atoms with Gasteiger partial charge in [0.05, 0.1) is 33.0 Å². The van der Waals surface area contributed by atoms with Crippen molar-refractivity contribution < 1.29 is 0 Å². The number of fused-ring (bicyclic) bond motifs is 7. The van der Waals surface area contributed by atoms with Gasteiger partial charge < -0.3 is 4.40 Å². The van der Waals surface area contributed by atoms with Crippen LogP contribution in [0.4, 0.5) is 0 Å². The number of nitrogens with zero attached hydrogens (tertiary/aromatic N) is 3. The minimum absolute atomic E-state index is 0.383. The van der Waals surface area contributed by atoms with Crippen LogP contribution in [0.25, 0.3) is 71.0 Å². The van der Waals surface area contributed by atoms with Gasteiger partial charge in [-0.3, -0.25) is 0 Å². The van der Waals surface area contributed by atoms with Crippen LogP contribution in [-0.2, 0) is 0 Å². The molecule has 0 amide bonds. The maximum absolute atomic E-state index is 4.98. The van der Waals surface area contributed by atoms with E-state index < -0.39 is 0 Å². The zero-order valence-electron chi connectivity index (χ0n) is 26.1. The van der Waals surface area contributed by atoms with Crippen LogP contribution in [0.3, 0.4) is 0 Å². The van der Waals surface area contributed by atoms with Gasteiger partial charge >= 0.3 is 0 Å². The molecule has 212 valence electrons. The Balaban J connectivity index is 1.68. The number of hydrogen-bond donors (Lipinski definition) is 0. The molecule has 0 N–H and O–H groups in total. The Labute approximate surface area is 252 Å². The predicted molar refractivity (Wildman–Crippen MR) is 184 cm³/mol. The van der Waals surface area contributed by atoms with Gasteiger partial charge in [0.2, 0.25) is 0 Å². The summed E-state index contributed by atoms with van der Waals surface area (Å²) in [6, 6.07) is 27.3. The molecule has 3 aromatic heterocycles. The van der Waals surface area contributed by atoms with E-state index in [9.17, 15) is 0 Å². The van der Waals surface area contributed by atoms with E-state index in [2.05, 4.69) is 126 Å². The lowest BCUT2D eigenvalue weighted by Crippen LogP contribution is -2.04. The van der Waals surface area contributed by atoms with Crippen LogP contribution in [0.2, 0.25) is 0 Å². The number of rotatable bonds is 4. The van der Waals surface area contributed by atoms with Gasteiger partial charge in [0, 0.05) is 16.2 Å². The largest absolute Gasteiger partial charge is 0.307 e. The second-order valence-corrected chi connectivity index (χ2v) is 13.3. The second-order valence-electron chi connectivity index (χ2n) is 13.3. The lowest BCUT2D eigenvalue weighted by atomic mass is 9.80. The normalized spacial score (nSPS) is 12.7. The van der Waals surface area contributed by atoms with E-state index >= 15 is 0 Å². The molecule has 3 nitrogen and oxygen atoms in total. The number of pyridine rings is 1. The molecule has 3 heterocycles. The quantitative estimate of drug-likeness (QED) is 0.159. The van der Waals surface area contributed by atoms with Gasteiger partial charge in [0.15, 0.2) is 0 Å². The van der Waals surface area contributed by atoms with E-state index in [-0.39, 0.29) is 0 Å². The van der Waals surface area contributed by atoms with E-state index in [4.69, 9.17) is 9.97 Å². The van der Waals surface area contributed by atoms with Gasteiger partial charge in [-0.05, 0) is 87.0 Å². The van der Waals surface area contributed by atoms with Crippen LogP contribution >= 0.6 is 0 Å². The average molecular weight is 560 g/mol. The van der Waals surface area contributed by atoms with Gasteiger partial charge in [-0.2, -0.15) is 0 Å². The van der Waals surface area contributed by atoms with Gasteiger partial charge in [-0.1, -0.05) is 96.1 Å². The number of aromatic nitrogens is 3. The molecule has 0 radical (unpaired) electrons. The number of para-hydroxylation sites is 1. The fourth-order valence-corrected chi connectivity index (χ4v) is 7.59. The van der Waals surface area contributed by atoms with Crippen molar-refractivity contribution in [1.82, 2.24) is 14.4 Å². The summed E-state index contributed by atoms with van der Waals surface area (Å²) in [5.74, 6) is 1.24. The molecule has 0 aliphatic heterocycles. The first-order valence-corrected chi connectivity index (χ1v) is 15.7. The van der Waals surface area contributed by atoms with Crippen LogP contribution in [0.15, 0.2) is 79.1 Å². The first kappa shape index (κ1) is 26.2. The second kappa shape index (κ2) is 9.25. The van der Waals surface area contributed by atoms with Crippen molar-refractivity contribution >= 4 is 59.9 Å². The smallest absolute Gasteiger partial charge is 0.116 e. The molecule has 0 atom stereocenters. The third-order valence-electron chi connectivity index (χ3n) is 9.69. The Bertz CT molecular complexity index is 2360. The molecule has 0 saturated heterocycles. The standard InChI is InChI=1S/C40H37N3/c1-21(2)26-17-29(22(3)4)35(30(18-26)23(5)6)31-19-33-37-38(42-20-41-33)32-16-25-12-8-9-13-27(25)24(7)39(32)43-34-15-11-10-14-28(34)36(31)40(37)43/h8-23H,1-7H3. The third kappa shape index (κ3) is 3.54. The van der Waals surface area contributed by atoms with Gasteiger partial charge in [0.1, 0.15) is 6.33 Å². The summed E-state index contributed by atoms with van der Waals surface area (Å²) >= 11 is 0. The Morgan fingerprint density at radius 1 is 0.628 bits per heavy atom. The highest BCUT2D eigenvalue weighted by molar-refractivity contribution is 6.31. The zero-order valence-corrected chi connectivity index (χ0v) is 26.1. The molecule has 0 aliphatic rings. The first-order valence-electron chi connectivity index (χ1n) is 15.7. The molecule has 0 fully saturated rings. The topological polar surface area (TPSA) is 30.2 Å². The van der Waals surface area contributed by atoms with Gasteiger partial charge in [-0.15, -0.1) is 0 Å². The SMILES string of the molecule is Cc1c2ccccc2cc2c3ncnc4cc(-c5c(C(C)C)cc(C(C)C)cc5C(C)C)c5c6ccccc6n(c12)c5c43. The molecule has 8 aromatic rings. The fraction of sp³-hybridized carbons (Fsp3) is 0.250. The molecule has 0 spiro atoms. The average Bonchev–Trinajstić information content (AvgIpc) is 3.35. The summed E-state index contributed by atoms with van der Waals surface area (Å²) in [5, 5.41) is 7.44. The van der Waals surface area contributed by atoms with Crippen molar-refractivity contribution in [3.63, 3.8) is 0 Å². The third-order valence-corrected chi connectivity index (χ3v) is 9.69. The number of benzene rings is 5. The highest BCUT2D eigenvalue weighted by atomic mass is 14.9. The Kier molecular flexibility index (Phi) is 5.62. The Morgan fingerprint density at radius 3 is 2.00 bits per heavy atom. The minimum Gasteiger partial charge on any atom is -0.307 e. The van der Waals surface area contributed by atoms with Crippen molar-refractivity contribution in [2.75, 3.05) is 0 Å². The van der Waals surface area contributed by atoms with E-state index in [1.165, 1.54) is 76.9 Å². The van der Waals surface area contributed by atoms with Gasteiger partial charge in [0.25, 0.3) is 0 Å². The van der Waals surface area contributed by atoms with Crippen molar-refractivity contribution in [2.45, 2.75) is 66.2 Å². The van der Waals surface area contributed by atoms with Crippen molar-refractivity contribution in [3.05, 3.63) is 101 Å². The molecular weight excluding hydrogens is 522 g/mol. The molecule has 8 rings (SSSR count). The van der Waals surface area contributed by atoms with Crippen LogP contribution in [-0.4, -0.2) is 14.4 Å². The monoisotopic (exact) mass is 559 g/mol. The fourth-order valence-electron chi connectivity index (χ4n) is 7.59. The first-order chi connectivity index (χ1) is 20.8. The van der Waals surface area contributed by atoms with Crippen LogP contribution in [0.5, 0.6) is 0 Å². The van der Waals surface area contributed by atoms with Crippen molar-refractivity contribution in [2.24, 2.45) is 0 Å². The van der Waals surface area contributed by atoms with Crippen LogP contribution in [0, 0.1) is 6.92 Å². The summed E-state index contributed by atoms with van der Waals surface area (Å²) in [7, 11) is 0. The summed E-state index contributed by atoms with van der Waals surface area (Å²) in [6.07, 6.45) is 1.76. The summed E-state index contributed by atoms with van der Waals surface area (Å²) in [4.78, 5) is 9.93. The summed E-state index contributed by atoms with van der Waals surface area (Å²) < 4.78 is 2.52. The number of hydrogen-bond acceptors (Lipinski definition) is 2. The van der Waals surface area contributed by atoms with Crippen LogP contribution in [0.1, 0.15) is 81.5 Å². The van der Waals surface area contributed by atoms with E-state index in [0.717, 1.165) is 16.4 Å². The van der Waals surface area contributed by atoms with E-state index in [1.54, 1.807) is 6.33 Å². The maximum atomic E-state index is 4.98. The highest BCUT2D eigenvalue weighted by Crippen LogP contribution is 2.49. The van der Waals surface area contributed by atoms with Crippen molar-refractivity contribution in [1.29, 1.82) is 0 Å². The maximum Gasteiger partial charge on any atom is 0.116 e. The van der Waals surface area contributed by atoms with E-state index in [1.807, 2.05) is 0 Å². The molecule has 0 bridgehead atoms. The lowest BCUT2D eigenvalue weighted by molar-refractivity contribution is 0.808. The lowest BCUT2D eigenvalue weighted by Gasteiger charge is -2.24. The summed E-state index contributed by atoms with van der Waals surface area (Å²) in [6.45, 7) is 16.2. The van der Waals surface area contributed by atoms with E-state index in [0.29, 0.717) is 17.8 Å². The van der Waals surface area contributed by atoms with Crippen molar-refractivity contribution in [3.8, 4) is 11.1 Å². The molecule has 0 aliphatic carbocycles. The summed E-state index contributed by atoms with van der Waals surface area (Å²) in [5.41, 5.74) is 13.9. The zero-order chi connectivity index (χ0) is 29.7. The molecular formula is C40H37N3. The highest BCUT2D eigenvalue weighted by Gasteiger charge is 2.27. The minimum atomic E-state index is 0.383. The Hall–Kier alpha value is -4.50. The predicted octanol–water partition coefficient (Wildman–Crippen LogP) is 11.3. The molecule has 0 unspecified atom stereocenters. The molecule has 5 aromatic carbocycles. The van der Waals surface area contributed by atoms with Crippen LogP contribution < -0.4 is 0 Å². The Morgan fingerprint density at radius 2 is 1.30 bits per heavy atom. The molecule has 3 heteroatoms. The van der Waals surface area contributed by atoms with Gasteiger partial charge in [-0.25, -0.2) is 9.97 Å². The number of aryl methyl sites for hydroxylation is 1.